The van der Waals surface area contributed by atoms with Crippen molar-refractivity contribution in [2.45, 2.75) is 26.4 Å². The third-order valence-electron chi connectivity index (χ3n) is 1.98. The minimum Gasteiger partial charge on any atom is -0.478 e. The molecule has 6 heteroatoms. The molecule has 17 heavy (non-hydrogen) atoms. The van der Waals surface area contributed by atoms with E-state index in [1.165, 1.54) is 0 Å². The van der Waals surface area contributed by atoms with E-state index in [1.807, 2.05) is 6.92 Å². The Labute approximate surface area is 98.0 Å². The number of aromatic nitrogens is 1. The molecule has 0 aliphatic heterocycles. The Morgan fingerprint density at radius 1 is 1.29 bits per heavy atom. The van der Waals surface area contributed by atoms with Crippen LogP contribution in [0.1, 0.15) is 25.8 Å². The van der Waals surface area contributed by atoms with E-state index in [2.05, 4.69) is 10.3 Å². The Morgan fingerprint density at radius 2 is 2.00 bits per heavy atom. The van der Waals surface area contributed by atoms with E-state index in [0.717, 1.165) is 18.6 Å². The molecule has 0 bridgehead atoms. The lowest BCUT2D eigenvalue weighted by Gasteiger charge is -2.12. The molecule has 0 saturated heterocycles. The van der Waals surface area contributed by atoms with Crippen LogP contribution in [0.3, 0.4) is 0 Å². The third kappa shape index (κ3) is 4.13. The van der Waals surface area contributed by atoms with Gasteiger partial charge in [-0.1, -0.05) is 6.92 Å². The molecule has 1 N–H and O–H groups in total. The van der Waals surface area contributed by atoms with Gasteiger partial charge >= 0.3 is 6.18 Å². The number of hydrogen-bond donors (Lipinski definition) is 1. The van der Waals surface area contributed by atoms with Crippen LogP contribution in [0.4, 0.5) is 19.0 Å². The fourth-order valence-electron chi connectivity index (χ4n) is 1.23. The third-order valence-corrected chi connectivity index (χ3v) is 1.98. The highest BCUT2D eigenvalue weighted by Crippen LogP contribution is 2.32. The van der Waals surface area contributed by atoms with E-state index in [4.69, 9.17) is 4.74 Å². The summed E-state index contributed by atoms with van der Waals surface area (Å²) in [7, 11) is 0. The Morgan fingerprint density at radius 3 is 2.53 bits per heavy atom. The first-order valence-corrected chi connectivity index (χ1v) is 5.43. The summed E-state index contributed by atoms with van der Waals surface area (Å²) in [5.41, 5.74) is -0.755. The Bertz CT molecular complexity index is 366. The monoisotopic (exact) mass is 248 g/mol. The molecule has 1 rings (SSSR count). The van der Waals surface area contributed by atoms with E-state index in [-0.39, 0.29) is 18.3 Å². The van der Waals surface area contributed by atoms with Gasteiger partial charge in [-0.3, -0.25) is 0 Å². The number of ether oxygens (including phenoxy) is 1. The number of pyridine rings is 1. The molecular formula is C11H15F3N2O. The molecular weight excluding hydrogens is 233 g/mol. The lowest BCUT2D eigenvalue weighted by Crippen LogP contribution is -2.10. The van der Waals surface area contributed by atoms with Gasteiger partial charge in [0.1, 0.15) is 5.82 Å². The second-order valence-corrected chi connectivity index (χ2v) is 3.44. The van der Waals surface area contributed by atoms with Gasteiger partial charge in [-0.05, 0) is 19.4 Å². The summed E-state index contributed by atoms with van der Waals surface area (Å²) in [6.07, 6.45) is -3.58. The highest BCUT2D eigenvalue weighted by atomic mass is 19.4. The topological polar surface area (TPSA) is 34.1 Å². The number of alkyl halides is 3. The van der Waals surface area contributed by atoms with Gasteiger partial charge in [0.25, 0.3) is 0 Å². The maximum absolute atomic E-state index is 12.6. The summed E-state index contributed by atoms with van der Waals surface area (Å²) in [5.74, 6) is 0.172. The van der Waals surface area contributed by atoms with Crippen molar-refractivity contribution in [3.8, 4) is 5.88 Å². The molecule has 96 valence electrons. The zero-order chi connectivity index (χ0) is 12.9. The molecule has 0 atom stereocenters. The standard InChI is InChI=1S/C11H15F3N2O/c1-3-5-15-9-6-8(11(12,13)14)7-10(16-9)17-4-2/h6-7H,3-5H2,1-2H3,(H,15,16). The molecule has 0 spiro atoms. The zero-order valence-corrected chi connectivity index (χ0v) is 9.77. The largest absolute Gasteiger partial charge is 0.478 e. The van der Waals surface area contributed by atoms with Gasteiger partial charge in [-0.2, -0.15) is 18.2 Å². The molecule has 0 aromatic carbocycles. The summed E-state index contributed by atoms with van der Waals surface area (Å²) in [6, 6.07) is 1.89. The Kier molecular flexibility index (Phi) is 4.60. The lowest BCUT2D eigenvalue weighted by atomic mass is 10.2. The second kappa shape index (κ2) is 5.75. The van der Waals surface area contributed by atoms with Crippen LogP contribution < -0.4 is 10.1 Å². The van der Waals surface area contributed by atoms with E-state index < -0.39 is 11.7 Å². The molecule has 0 radical (unpaired) electrons. The molecule has 0 aliphatic rings. The highest BCUT2D eigenvalue weighted by molar-refractivity contribution is 5.42. The van der Waals surface area contributed by atoms with Crippen molar-refractivity contribution in [2.75, 3.05) is 18.5 Å². The van der Waals surface area contributed by atoms with Crippen LogP contribution in [0, 0.1) is 0 Å². The number of nitrogens with one attached hydrogen (secondary N) is 1. The molecule has 1 aromatic heterocycles. The van der Waals surface area contributed by atoms with E-state index in [0.29, 0.717) is 6.54 Å². The molecule has 3 nitrogen and oxygen atoms in total. The highest BCUT2D eigenvalue weighted by Gasteiger charge is 2.31. The van der Waals surface area contributed by atoms with E-state index >= 15 is 0 Å². The predicted molar refractivity (Wildman–Crippen MR) is 59.2 cm³/mol. The first kappa shape index (κ1) is 13.6. The number of halogens is 3. The average Bonchev–Trinajstić information content (AvgIpc) is 2.25. The van der Waals surface area contributed by atoms with Gasteiger partial charge in [0, 0.05) is 12.6 Å². The van der Waals surface area contributed by atoms with Gasteiger partial charge in [-0.25, -0.2) is 0 Å². The second-order valence-electron chi connectivity index (χ2n) is 3.44. The fourth-order valence-corrected chi connectivity index (χ4v) is 1.23. The van der Waals surface area contributed by atoms with Crippen molar-refractivity contribution in [3.05, 3.63) is 17.7 Å². The van der Waals surface area contributed by atoms with E-state index in [9.17, 15) is 13.2 Å². The van der Waals surface area contributed by atoms with Crippen molar-refractivity contribution < 1.29 is 17.9 Å². The van der Waals surface area contributed by atoms with Crippen molar-refractivity contribution >= 4 is 5.82 Å². The minimum absolute atomic E-state index is 0.0130. The summed E-state index contributed by atoms with van der Waals surface area (Å²) in [4.78, 5) is 3.94. The van der Waals surface area contributed by atoms with Gasteiger partial charge in [0.05, 0.1) is 12.2 Å². The van der Waals surface area contributed by atoms with Gasteiger partial charge in [-0.15, -0.1) is 0 Å². The van der Waals surface area contributed by atoms with Crippen LogP contribution in [0.25, 0.3) is 0 Å². The lowest BCUT2D eigenvalue weighted by molar-refractivity contribution is -0.137. The van der Waals surface area contributed by atoms with E-state index in [1.54, 1.807) is 6.92 Å². The Balaban J connectivity index is 3.01. The van der Waals surface area contributed by atoms with Crippen molar-refractivity contribution in [2.24, 2.45) is 0 Å². The summed E-state index contributed by atoms with van der Waals surface area (Å²) >= 11 is 0. The summed E-state index contributed by atoms with van der Waals surface area (Å²) in [5, 5.41) is 2.81. The number of hydrogen-bond acceptors (Lipinski definition) is 3. The fraction of sp³-hybridized carbons (Fsp3) is 0.545. The maximum Gasteiger partial charge on any atom is 0.416 e. The average molecular weight is 248 g/mol. The zero-order valence-electron chi connectivity index (χ0n) is 9.77. The first-order valence-electron chi connectivity index (χ1n) is 5.43. The quantitative estimate of drug-likeness (QED) is 0.867. The molecule has 0 aliphatic carbocycles. The predicted octanol–water partition coefficient (Wildman–Crippen LogP) is 3.32. The number of nitrogens with zero attached hydrogens (tertiary/aromatic N) is 1. The van der Waals surface area contributed by atoms with Crippen LogP contribution in [-0.4, -0.2) is 18.1 Å². The molecule has 0 fully saturated rings. The van der Waals surface area contributed by atoms with Crippen molar-refractivity contribution in [1.29, 1.82) is 0 Å². The summed E-state index contributed by atoms with van der Waals surface area (Å²) < 4.78 is 42.8. The molecule has 0 amide bonds. The van der Waals surface area contributed by atoms with Crippen LogP contribution >= 0.6 is 0 Å². The van der Waals surface area contributed by atoms with Crippen LogP contribution in [0.5, 0.6) is 5.88 Å². The van der Waals surface area contributed by atoms with Crippen LogP contribution in [0.15, 0.2) is 12.1 Å². The van der Waals surface area contributed by atoms with Crippen molar-refractivity contribution in [3.63, 3.8) is 0 Å². The normalized spacial score (nSPS) is 11.4. The first-order chi connectivity index (χ1) is 7.97. The van der Waals surface area contributed by atoms with Gasteiger partial charge < -0.3 is 10.1 Å². The van der Waals surface area contributed by atoms with Crippen molar-refractivity contribution in [1.82, 2.24) is 4.98 Å². The maximum atomic E-state index is 12.6. The van der Waals surface area contributed by atoms with Gasteiger partial charge in [0.2, 0.25) is 5.88 Å². The minimum atomic E-state index is -4.39. The van der Waals surface area contributed by atoms with Crippen LogP contribution in [0.2, 0.25) is 0 Å². The molecule has 0 saturated carbocycles. The Hall–Kier alpha value is -1.46. The smallest absolute Gasteiger partial charge is 0.416 e. The molecule has 1 aromatic rings. The number of anilines is 1. The van der Waals surface area contributed by atoms with Gasteiger partial charge in [0.15, 0.2) is 0 Å². The SMILES string of the molecule is CCCNc1cc(C(F)(F)F)cc(OCC)n1. The molecule has 0 unspecified atom stereocenters. The number of rotatable bonds is 5. The molecule has 1 heterocycles. The van der Waals surface area contributed by atoms with Crippen LogP contribution in [-0.2, 0) is 6.18 Å². The summed E-state index contributed by atoms with van der Waals surface area (Å²) in [6.45, 7) is 4.46.